The molecule has 1 saturated heterocycles. The van der Waals surface area contributed by atoms with Crippen molar-refractivity contribution in [2.75, 3.05) is 24.5 Å². The van der Waals surface area contributed by atoms with Gasteiger partial charge < -0.3 is 4.90 Å². The molecule has 6 heteroatoms. The SMILES string of the molecule is O=S(=O)(Cc1ccccc1)NCC1CCN(c2ccncc2)CC1. The third kappa shape index (κ3) is 4.79. The van der Waals surface area contributed by atoms with E-state index < -0.39 is 10.0 Å². The summed E-state index contributed by atoms with van der Waals surface area (Å²) in [6.45, 7) is 2.43. The Bertz CT molecular complexity index is 727. The fraction of sp³-hybridized carbons (Fsp3) is 0.389. The third-order valence-electron chi connectivity index (χ3n) is 4.43. The van der Waals surface area contributed by atoms with Crippen molar-refractivity contribution < 1.29 is 8.42 Å². The number of anilines is 1. The normalized spacial score (nSPS) is 16.2. The number of pyridine rings is 1. The van der Waals surface area contributed by atoms with Crippen LogP contribution in [0.1, 0.15) is 18.4 Å². The van der Waals surface area contributed by atoms with Crippen LogP contribution in [-0.4, -0.2) is 33.0 Å². The van der Waals surface area contributed by atoms with Crippen LogP contribution in [0.5, 0.6) is 0 Å². The second-order valence-electron chi connectivity index (χ2n) is 6.23. The Morgan fingerprint density at radius 1 is 1.04 bits per heavy atom. The Kier molecular flexibility index (Phi) is 5.48. The van der Waals surface area contributed by atoms with Gasteiger partial charge in [0.25, 0.3) is 0 Å². The first-order chi connectivity index (χ1) is 11.6. The highest BCUT2D eigenvalue weighted by atomic mass is 32.2. The number of hydrogen-bond donors (Lipinski definition) is 1. The summed E-state index contributed by atoms with van der Waals surface area (Å²) in [5, 5.41) is 0. The van der Waals surface area contributed by atoms with Crippen molar-refractivity contribution >= 4 is 15.7 Å². The van der Waals surface area contributed by atoms with E-state index in [4.69, 9.17) is 0 Å². The van der Waals surface area contributed by atoms with Crippen molar-refractivity contribution in [3.8, 4) is 0 Å². The van der Waals surface area contributed by atoms with Gasteiger partial charge in [-0.15, -0.1) is 0 Å². The summed E-state index contributed by atoms with van der Waals surface area (Å²) in [6.07, 6.45) is 5.60. The first kappa shape index (κ1) is 16.9. The molecule has 1 aliphatic heterocycles. The van der Waals surface area contributed by atoms with E-state index in [0.717, 1.165) is 31.5 Å². The second kappa shape index (κ2) is 7.77. The molecule has 0 spiro atoms. The van der Waals surface area contributed by atoms with Crippen LogP contribution in [-0.2, 0) is 15.8 Å². The predicted molar refractivity (Wildman–Crippen MR) is 96.2 cm³/mol. The second-order valence-corrected chi connectivity index (χ2v) is 8.04. The van der Waals surface area contributed by atoms with Crippen LogP contribution < -0.4 is 9.62 Å². The quantitative estimate of drug-likeness (QED) is 0.873. The lowest BCUT2D eigenvalue weighted by Gasteiger charge is -2.33. The standard InChI is InChI=1S/C18H23N3O2S/c22-24(23,15-17-4-2-1-3-5-17)20-14-16-8-12-21(13-9-16)18-6-10-19-11-7-18/h1-7,10-11,16,20H,8-9,12-15H2. The smallest absolute Gasteiger partial charge is 0.215 e. The number of rotatable bonds is 6. The summed E-state index contributed by atoms with van der Waals surface area (Å²) in [7, 11) is -3.27. The van der Waals surface area contributed by atoms with Crippen LogP contribution in [0.25, 0.3) is 0 Å². The summed E-state index contributed by atoms with van der Waals surface area (Å²) in [6, 6.07) is 13.3. The molecule has 24 heavy (non-hydrogen) atoms. The number of hydrogen-bond acceptors (Lipinski definition) is 4. The van der Waals surface area contributed by atoms with E-state index >= 15 is 0 Å². The van der Waals surface area contributed by atoms with Gasteiger partial charge in [0.15, 0.2) is 0 Å². The van der Waals surface area contributed by atoms with E-state index in [1.54, 1.807) is 12.4 Å². The van der Waals surface area contributed by atoms with Crippen molar-refractivity contribution in [2.24, 2.45) is 5.92 Å². The van der Waals surface area contributed by atoms with E-state index in [2.05, 4.69) is 14.6 Å². The van der Waals surface area contributed by atoms with Crippen molar-refractivity contribution in [3.63, 3.8) is 0 Å². The molecule has 2 aromatic rings. The Morgan fingerprint density at radius 3 is 2.38 bits per heavy atom. The molecule has 0 bridgehead atoms. The molecule has 1 aromatic heterocycles. The van der Waals surface area contributed by atoms with E-state index in [1.165, 1.54) is 5.69 Å². The zero-order valence-corrected chi connectivity index (χ0v) is 14.5. The van der Waals surface area contributed by atoms with Gasteiger partial charge >= 0.3 is 0 Å². The largest absolute Gasteiger partial charge is 0.371 e. The van der Waals surface area contributed by atoms with Crippen LogP contribution in [0.15, 0.2) is 54.9 Å². The molecule has 0 amide bonds. The topological polar surface area (TPSA) is 62.3 Å². The minimum atomic E-state index is -3.27. The molecule has 1 N–H and O–H groups in total. The summed E-state index contributed by atoms with van der Waals surface area (Å²) in [4.78, 5) is 6.37. The molecule has 1 fully saturated rings. The van der Waals surface area contributed by atoms with E-state index in [9.17, 15) is 8.42 Å². The zero-order valence-electron chi connectivity index (χ0n) is 13.6. The van der Waals surface area contributed by atoms with Crippen LogP contribution >= 0.6 is 0 Å². The average molecular weight is 345 g/mol. The lowest BCUT2D eigenvalue weighted by molar-refractivity contribution is 0.402. The first-order valence-electron chi connectivity index (χ1n) is 8.29. The zero-order chi connectivity index (χ0) is 16.8. The fourth-order valence-electron chi connectivity index (χ4n) is 3.04. The lowest BCUT2D eigenvalue weighted by atomic mass is 9.97. The van der Waals surface area contributed by atoms with Gasteiger partial charge in [0.1, 0.15) is 0 Å². The summed E-state index contributed by atoms with van der Waals surface area (Å²) in [5.41, 5.74) is 2.01. The molecular formula is C18H23N3O2S. The van der Waals surface area contributed by atoms with E-state index in [1.807, 2.05) is 42.5 Å². The minimum absolute atomic E-state index is 0.0453. The molecule has 128 valence electrons. The van der Waals surface area contributed by atoms with Gasteiger partial charge in [-0.05, 0) is 36.5 Å². The molecule has 2 heterocycles. The number of piperidine rings is 1. The van der Waals surface area contributed by atoms with Crippen LogP contribution in [0.3, 0.4) is 0 Å². The highest BCUT2D eigenvalue weighted by Gasteiger charge is 2.21. The monoisotopic (exact) mass is 345 g/mol. The van der Waals surface area contributed by atoms with Gasteiger partial charge in [-0.25, -0.2) is 13.1 Å². The predicted octanol–water partition coefficient (Wildman–Crippen LogP) is 2.42. The molecule has 0 aliphatic carbocycles. The first-order valence-corrected chi connectivity index (χ1v) is 9.94. The maximum Gasteiger partial charge on any atom is 0.215 e. The average Bonchev–Trinajstić information content (AvgIpc) is 2.62. The number of benzene rings is 1. The number of nitrogens with zero attached hydrogens (tertiary/aromatic N) is 2. The minimum Gasteiger partial charge on any atom is -0.371 e. The molecule has 0 radical (unpaired) electrons. The van der Waals surface area contributed by atoms with Crippen LogP contribution in [0, 0.1) is 5.92 Å². The fourth-order valence-corrected chi connectivity index (χ4v) is 4.26. The highest BCUT2D eigenvalue weighted by molar-refractivity contribution is 7.88. The molecule has 3 rings (SSSR count). The van der Waals surface area contributed by atoms with Gasteiger partial charge in [0.2, 0.25) is 10.0 Å². The molecule has 1 aromatic carbocycles. The Balaban J connectivity index is 1.46. The Hall–Kier alpha value is -1.92. The molecular weight excluding hydrogens is 322 g/mol. The molecule has 0 unspecified atom stereocenters. The molecule has 1 aliphatic rings. The van der Waals surface area contributed by atoms with Crippen molar-refractivity contribution in [1.82, 2.24) is 9.71 Å². The van der Waals surface area contributed by atoms with Crippen molar-refractivity contribution in [3.05, 3.63) is 60.4 Å². The van der Waals surface area contributed by atoms with E-state index in [-0.39, 0.29) is 5.75 Å². The van der Waals surface area contributed by atoms with Crippen molar-refractivity contribution in [1.29, 1.82) is 0 Å². The maximum absolute atomic E-state index is 12.2. The summed E-state index contributed by atoms with van der Waals surface area (Å²) < 4.78 is 27.2. The molecule has 0 atom stereocenters. The Labute approximate surface area is 143 Å². The molecule has 0 saturated carbocycles. The summed E-state index contributed by atoms with van der Waals surface area (Å²) >= 11 is 0. The molecule has 5 nitrogen and oxygen atoms in total. The number of nitrogens with one attached hydrogen (secondary N) is 1. The Morgan fingerprint density at radius 2 is 1.71 bits per heavy atom. The van der Waals surface area contributed by atoms with Gasteiger partial charge in [-0.2, -0.15) is 0 Å². The number of sulfonamides is 1. The lowest BCUT2D eigenvalue weighted by Crippen LogP contribution is -2.38. The summed E-state index contributed by atoms with van der Waals surface area (Å²) in [5.74, 6) is 0.442. The van der Waals surface area contributed by atoms with Gasteiger partial charge in [-0.3, -0.25) is 4.98 Å². The van der Waals surface area contributed by atoms with Gasteiger partial charge in [-0.1, -0.05) is 30.3 Å². The van der Waals surface area contributed by atoms with Gasteiger partial charge in [0.05, 0.1) is 5.75 Å². The van der Waals surface area contributed by atoms with E-state index in [0.29, 0.717) is 12.5 Å². The van der Waals surface area contributed by atoms with Crippen LogP contribution in [0.2, 0.25) is 0 Å². The van der Waals surface area contributed by atoms with Gasteiger partial charge in [0, 0.05) is 37.7 Å². The van der Waals surface area contributed by atoms with Crippen molar-refractivity contribution in [2.45, 2.75) is 18.6 Å². The number of aromatic nitrogens is 1. The maximum atomic E-state index is 12.2. The third-order valence-corrected chi connectivity index (χ3v) is 5.75. The highest BCUT2D eigenvalue weighted by Crippen LogP contribution is 2.22. The van der Waals surface area contributed by atoms with Crippen LogP contribution in [0.4, 0.5) is 5.69 Å².